The number of benzene rings is 1. The molecule has 0 aliphatic heterocycles. The van der Waals surface area contributed by atoms with E-state index in [2.05, 4.69) is 21.2 Å². The number of halogens is 3. The summed E-state index contributed by atoms with van der Waals surface area (Å²) < 4.78 is 13.9. The minimum atomic E-state index is -0.252. The molecule has 1 nitrogen and oxygen atoms in total. The maximum absolute atomic E-state index is 13.1. The molecule has 0 spiro atoms. The van der Waals surface area contributed by atoms with Crippen molar-refractivity contribution >= 4 is 38.9 Å². The summed E-state index contributed by atoms with van der Waals surface area (Å²) in [7, 11) is 0. The van der Waals surface area contributed by atoms with E-state index >= 15 is 0 Å². The number of rotatable bonds is 4. The molecule has 2 rings (SSSR count). The average molecular weight is 349 g/mol. The summed E-state index contributed by atoms with van der Waals surface area (Å²) in [5.41, 5.74) is 0.989. The minimum Gasteiger partial charge on any atom is -0.306 e. The van der Waals surface area contributed by atoms with Crippen LogP contribution in [0.2, 0.25) is 5.02 Å². The van der Waals surface area contributed by atoms with E-state index in [4.69, 9.17) is 11.6 Å². The van der Waals surface area contributed by atoms with Gasteiger partial charge in [-0.2, -0.15) is 0 Å². The summed E-state index contributed by atoms with van der Waals surface area (Å²) in [6, 6.07) is 6.58. The van der Waals surface area contributed by atoms with E-state index in [0.29, 0.717) is 0 Å². The molecule has 0 bridgehead atoms. The predicted molar refractivity (Wildman–Crippen MR) is 78.9 cm³/mol. The van der Waals surface area contributed by atoms with Crippen LogP contribution in [0.1, 0.15) is 23.4 Å². The van der Waals surface area contributed by atoms with Crippen LogP contribution in [0, 0.1) is 5.82 Å². The molecular formula is C13H12BrClFNS. The highest BCUT2D eigenvalue weighted by Gasteiger charge is 2.19. The zero-order chi connectivity index (χ0) is 13.1. The highest BCUT2D eigenvalue weighted by molar-refractivity contribution is 9.10. The van der Waals surface area contributed by atoms with Crippen molar-refractivity contribution in [1.82, 2.24) is 5.32 Å². The van der Waals surface area contributed by atoms with Crippen LogP contribution < -0.4 is 5.32 Å². The molecular weight excluding hydrogens is 337 g/mol. The Balaban J connectivity index is 2.45. The third-order valence-electron chi connectivity index (χ3n) is 2.59. The van der Waals surface area contributed by atoms with Gasteiger partial charge in [0.2, 0.25) is 0 Å². The van der Waals surface area contributed by atoms with E-state index in [9.17, 15) is 4.39 Å². The van der Waals surface area contributed by atoms with Crippen molar-refractivity contribution in [1.29, 1.82) is 0 Å². The Hall–Kier alpha value is -0.420. The standard InChI is InChI=1S/C13H12BrClFNS/c1-2-17-12(13-11(15)5-6-18-13)9-4-3-8(16)7-10(9)14/h3-7,12,17H,2H2,1H3. The third-order valence-corrected chi connectivity index (χ3v) is 4.70. The van der Waals surface area contributed by atoms with Crippen LogP contribution >= 0.6 is 38.9 Å². The number of hydrogen-bond donors (Lipinski definition) is 1. The first-order valence-corrected chi connectivity index (χ1v) is 7.59. The Kier molecular flexibility index (Phi) is 4.78. The van der Waals surface area contributed by atoms with Crippen molar-refractivity contribution in [2.24, 2.45) is 0 Å². The summed E-state index contributed by atoms with van der Waals surface area (Å²) in [5.74, 6) is -0.252. The van der Waals surface area contributed by atoms with Gasteiger partial charge in [-0.25, -0.2) is 4.39 Å². The molecule has 0 fully saturated rings. The van der Waals surface area contributed by atoms with Crippen LogP contribution in [0.4, 0.5) is 4.39 Å². The zero-order valence-electron chi connectivity index (χ0n) is 9.71. The summed E-state index contributed by atoms with van der Waals surface area (Å²) in [4.78, 5) is 1.05. The highest BCUT2D eigenvalue weighted by Crippen LogP contribution is 2.36. The maximum Gasteiger partial charge on any atom is 0.124 e. The SMILES string of the molecule is CCNC(c1ccc(F)cc1Br)c1sccc1Cl. The second-order valence-corrected chi connectivity index (χ2v) is 6.00. The van der Waals surface area contributed by atoms with E-state index in [-0.39, 0.29) is 11.9 Å². The third kappa shape index (κ3) is 2.94. The van der Waals surface area contributed by atoms with Gasteiger partial charge in [-0.3, -0.25) is 0 Å². The summed E-state index contributed by atoms with van der Waals surface area (Å²) in [5, 5.41) is 6.07. The first kappa shape index (κ1) is 14.0. The Morgan fingerprint density at radius 1 is 1.44 bits per heavy atom. The van der Waals surface area contributed by atoms with E-state index in [0.717, 1.165) is 26.5 Å². The van der Waals surface area contributed by atoms with Gasteiger partial charge in [0.1, 0.15) is 5.82 Å². The quantitative estimate of drug-likeness (QED) is 0.819. The molecule has 5 heteroatoms. The van der Waals surface area contributed by atoms with Gasteiger partial charge in [-0.15, -0.1) is 11.3 Å². The molecule has 0 amide bonds. The van der Waals surface area contributed by atoms with Crippen molar-refractivity contribution < 1.29 is 4.39 Å². The van der Waals surface area contributed by atoms with Gasteiger partial charge in [-0.1, -0.05) is 40.5 Å². The molecule has 1 atom stereocenters. The summed E-state index contributed by atoms with van der Waals surface area (Å²) in [6.07, 6.45) is 0. The summed E-state index contributed by atoms with van der Waals surface area (Å²) >= 11 is 11.2. The van der Waals surface area contributed by atoms with Crippen molar-refractivity contribution in [3.05, 3.63) is 55.4 Å². The fraction of sp³-hybridized carbons (Fsp3) is 0.231. The second kappa shape index (κ2) is 6.15. The number of nitrogens with one attached hydrogen (secondary N) is 1. The molecule has 1 unspecified atom stereocenters. The van der Waals surface area contributed by atoms with Gasteiger partial charge in [0.25, 0.3) is 0 Å². The van der Waals surface area contributed by atoms with Crippen LogP contribution in [0.25, 0.3) is 0 Å². The van der Waals surface area contributed by atoms with Gasteiger partial charge in [0.05, 0.1) is 11.1 Å². The smallest absolute Gasteiger partial charge is 0.124 e. The predicted octanol–water partition coefficient (Wildman–Crippen LogP) is 5.00. The molecule has 96 valence electrons. The van der Waals surface area contributed by atoms with Gasteiger partial charge in [0.15, 0.2) is 0 Å². The molecule has 0 aliphatic rings. The molecule has 1 N–H and O–H groups in total. The first-order chi connectivity index (χ1) is 8.63. The molecule has 0 radical (unpaired) electrons. The molecule has 0 saturated carbocycles. The minimum absolute atomic E-state index is 0.0162. The van der Waals surface area contributed by atoms with Crippen LogP contribution in [0.5, 0.6) is 0 Å². The fourth-order valence-corrected chi connectivity index (χ4v) is 3.63. The van der Waals surface area contributed by atoms with Gasteiger partial charge in [-0.05, 0) is 35.7 Å². The lowest BCUT2D eigenvalue weighted by molar-refractivity contribution is 0.614. The molecule has 18 heavy (non-hydrogen) atoms. The van der Waals surface area contributed by atoms with Crippen LogP contribution in [0.3, 0.4) is 0 Å². The first-order valence-electron chi connectivity index (χ1n) is 5.54. The molecule has 1 aromatic carbocycles. The van der Waals surface area contributed by atoms with E-state index in [1.165, 1.54) is 12.1 Å². The summed E-state index contributed by atoms with van der Waals surface area (Å²) in [6.45, 7) is 2.84. The van der Waals surface area contributed by atoms with E-state index in [1.807, 2.05) is 18.4 Å². The highest BCUT2D eigenvalue weighted by atomic mass is 79.9. The van der Waals surface area contributed by atoms with Crippen LogP contribution in [0.15, 0.2) is 34.1 Å². The number of thiophene rings is 1. The van der Waals surface area contributed by atoms with Gasteiger partial charge in [0, 0.05) is 9.35 Å². The number of hydrogen-bond acceptors (Lipinski definition) is 2. The monoisotopic (exact) mass is 347 g/mol. The lowest BCUT2D eigenvalue weighted by Crippen LogP contribution is -2.21. The Morgan fingerprint density at radius 2 is 2.22 bits per heavy atom. The molecule has 1 aromatic heterocycles. The van der Waals surface area contributed by atoms with Crippen molar-refractivity contribution in [3.63, 3.8) is 0 Å². The van der Waals surface area contributed by atoms with Crippen molar-refractivity contribution in [2.45, 2.75) is 13.0 Å². The molecule has 1 heterocycles. The average Bonchev–Trinajstić information content (AvgIpc) is 2.73. The second-order valence-electron chi connectivity index (χ2n) is 3.79. The molecule has 0 aliphatic carbocycles. The largest absolute Gasteiger partial charge is 0.306 e. The van der Waals surface area contributed by atoms with E-state index < -0.39 is 0 Å². The fourth-order valence-electron chi connectivity index (χ4n) is 1.80. The zero-order valence-corrected chi connectivity index (χ0v) is 12.9. The van der Waals surface area contributed by atoms with Crippen molar-refractivity contribution in [2.75, 3.05) is 6.54 Å². The van der Waals surface area contributed by atoms with Gasteiger partial charge < -0.3 is 5.32 Å². The van der Waals surface area contributed by atoms with Crippen LogP contribution in [-0.2, 0) is 0 Å². The maximum atomic E-state index is 13.1. The Labute approximate surface area is 123 Å². The topological polar surface area (TPSA) is 12.0 Å². The van der Waals surface area contributed by atoms with Crippen molar-refractivity contribution in [3.8, 4) is 0 Å². The van der Waals surface area contributed by atoms with E-state index in [1.54, 1.807) is 17.4 Å². The Morgan fingerprint density at radius 3 is 2.78 bits per heavy atom. The van der Waals surface area contributed by atoms with Crippen LogP contribution in [-0.4, -0.2) is 6.54 Å². The molecule has 0 saturated heterocycles. The molecule has 2 aromatic rings. The lowest BCUT2D eigenvalue weighted by Gasteiger charge is -2.19. The normalized spacial score (nSPS) is 12.7. The Bertz CT molecular complexity index is 544. The lowest BCUT2D eigenvalue weighted by atomic mass is 10.1. The van der Waals surface area contributed by atoms with Gasteiger partial charge >= 0.3 is 0 Å².